The van der Waals surface area contributed by atoms with Crippen LogP contribution in [0.3, 0.4) is 0 Å². The van der Waals surface area contributed by atoms with E-state index < -0.39 is 0 Å². The molecule has 0 N–H and O–H groups in total. The average molecular weight is 207 g/mol. The van der Waals surface area contributed by atoms with E-state index in [0.717, 1.165) is 12.8 Å². The first-order valence-electron chi connectivity index (χ1n) is 5.86. The smallest absolute Gasteiger partial charge is 0.0330 e. The summed E-state index contributed by atoms with van der Waals surface area (Å²) < 4.78 is 0. The van der Waals surface area contributed by atoms with Crippen molar-refractivity contribution in [2.75, 3.05) is 0 Å². The van der Waals surface area contributed by atoms with Gasteiger partial charge in [0.05, 0.1) is 0 Å². The molecule has 0 aliphatic heterocycles. The molecular weight excluding hydrogens is 180 g/mol. The van der Waals surface area contributed by atoms with E-state index in [1.807, 2.05) is 0 Å². The second-order valence-corrected chi connectivity index (χ2v) is 4.09. The molecule has 13 heavy (non-hydrogen) atoms. The van der Waals surface area contributed by atoms with Crippen molar-refractivity contribution in [1.82, 2.24) is 0 Å². The topological polar surface area (TPSA) is 0 Å². The van der Waals surface area contributed by atoms with E-state index in [2.05, 4.69) is 27.7 Å². The Kier molecular flexibility index (Phi) is 17.9. The Hall–Kier alpha value is 0.290. The van der Waals surface area contributed by atoms with Gasteiger partial charge in [0.25, 0.3) is 0 Å². The zero-order valence-electron chi connectivity index (χ0n) is 9.91. The summed E-state index contributed by atoms with van der Waals surface area (Å²) in [6, 6.07) is 0. The molecule has 0 aromatic heterocycles. The number of alkyl halides is 1. The Morgan fingerprint density at radius 1 is 0.769 bits per heavy atom. The highest BCUT2D eigenvalue weighted by molar-refractivity contribution is 6.20. The fraction of sp³-hybridized carbons (Fsp3) is 1.00. The molecule has 0 rings (SSSR count). The second-order valence-electron chi connectivity index (χ2n) is 3.47. The minimum absolute atomic E-state index is 0.407. The highest BCUT2D eigenvalue weighted by Crippen LogP contribution is 2.03. The maximum absolute atomic E-state index is 5.65. The Labute approximate surface area is 90.1 Å². The third kappa shape index (κ3) is 18.9. The molecule has 0 heterocycles. The molecule has 0 radical (unpaired) electrons. The van der Waals surface area contributed by atoms with Gasteiger partial charge in [-0.15, -0.1) is 11.6 Å². The lowest BCUT2D eigenvalue weighted by atomic mass is 10.2. The van der Waals surface area contributed by atoms with Crippen molar-refractivity contribution in [2.45, 2.75) is 78.0 Å². The summed E-state index contributed by atoms with van der Waals surface area (Å²) in [6.45, 7) is 8.69. The highest BCUT2D eigenvalue weighted by atomic mass is 35.5. The van der Waals surface area contributed by atoms with Crippen LogP contribution in [0, 0.1) is 0 Å². The Morgan fingerprint density at radius 3 is 1.31 bits per heavy atom. The zero-order valence-corrected chi connectivity index (χ0v) is 10.7. The first kappa shape index (κ1) is 15.7. The predicted octanol–water partition coefficient (Wildman–Crippen LogP) is 5.39. The van der Waals surface area contributed by atoms with Crippen LogP contribution < -0.4 is 0 Å². The largest absolute Gasteiger partial charge is 0.123 e. The van der Waals surface area contributed by atoms with Gasteiger partial charge in [0.15, 0.2) is 0 Å². The third-order valence-corrected chi connectivity index (χ3v) is 2.71. The van der Waals surface area contributed by atoms with Gasteiger partial charge in [-0.3, -0.25) is 0 Å². The van der Waals surface area contributed by atoms with Crippen LogP contribution in [-0.2, 0) is 0 Å². The minimum Gasteiger partial charge on any atom is -0.123 e. The van der Waals surface area contributed by atoms with Gasteiger partial charge in [-0.25, -0.2) is 0 Å². The molecule has 0 saturated heterocycles. The van der Waals surface area contributed by atoms with Gasteiger partial charge in [0.1, 0.15) is 0 Å². The summed E-state index contributed by atoms with van der Waals surface area (Å²) in [4.78, 5) is 0. The minimum atomic E-state index is 0.407. The van der Waals surface area contributed by atoms with E-state index >= 15 is 0 Å². The van der Waals surface area contributed by atoms with Crippen LogP contribution in [0.4, 0.5) is 0 Å². The fourth-order valence-corrected chi connectivity index (χ4v) is 0.965. The van der Waals surface area contributed by atoms with Crippen LogP contribution in [0.2, 0.25) is 0 Å². The van der Waals surface area contributed by atoms with Gasteiger partial charge in [-0.2, -0.15) is 0 Å². The van der Waals surface area contributed by atoms with Crippen LogP contribution >= 0.6 is 11.6 Å². The van der Waals surface area contributed by atoms with Crippen molar-refractivity contribution in [1.29, 1.82) is 0 Å². The normalized spacial score (nSPS) is 9.69. The molecular formula is C12H27Cl. The first-order chi connectivity index (χ1) is 6.22. The standard InChI is InChI=1S/C7H16.C5H11Cl/c1-3-5-7-6-4-2;1-3-5(6)4-2/h3-7H2,1-2H3;5H,3-4H2,1-2H3. The van der Waals surface area contributed by atoms with Crippen molar-refractivity contribution in [3.05, 3.63) is 0 Å². The molecule has 0 bridgehead atoms. The van der Waals surface area contributed by atoms with E-state index in [1.54, 1.807) is 0 Å². The number of halogens is 1. The molecule has 0 aromatic rings. The molecule has 0 saturated carbocycles. The fourth-order valence-electron chi connectivity index (χ4n) is 0.965. The lowest BCUT2D eigenvalue weighted by Gasteiger charge is -1.95. The second kappa shape index (κ2) is 14.8. The molecule has 0 fully saturated rings. The van der Waals surface area contributed by atoms with Crippen molar-refractivity contribution < 1.29 is 0 Å². The van der Waals surface area contributed by atoms with Gasteiger partial charge in [-0.05, 0) is 12.8 Å². The van der Waals surface area contributed by atoms with Crippen LogP contribution in [0.15, 0.2) is 0 Å². The van der Waals surface area contributed by atoms with E-state index in [1.165, 1.54) is 32.1 Å². The molecule has 0 amide bonds. The number of hydrogen-bond acceptors (Lipinski definition) is 0. The Morgan fingerprint density at radius 2 is 1.15 bits per heavy atom. The van der Waals surface area contributed by atoms with Crippen LogP contribution in [0.1, 0.15) is 72.6 Å². The Bertz CT molecular complexity index is 63.5. The van der Waals surface area contributed by atoms with Crippen molar-refractivity contribution in [3.63, 3.8) is 0 Å². The van der Waals surface area contributed by atoms with E-state index in [0.29, 0.717) is 5.38 Å². The molecule has 82 valence electrons. The zero-order chi connectivity index (χ0) is 10.5. The van der Waals surface area contributed by atoms with E-state index in [9.17, 15) is 0 Å². The summed E-state index contributed by atoms with van der Waals surface area (Å²) in [7, 11) is 0. The molecule has 0 spiro atoms. The SMILES string of the molecule is CCC(Cl)CC.CCCCCCC. The summed E-state index contributed by atoms with van der Waals surface area (Å²) >= 11 is 5.65. The van der Waals surface area contributed by atoms with Gasteiger partial charge >= 0.3 is 0 Å². The number of rotatable bonds is 6. The predicted molar refractivity (Wildman–Crippen MR) is 64.7 cm³/mol. The summed E-state index contributed by atoms with van der Waals surface area (Å²) in [5.41, 5.74) is 0. The Balaban J connectivity index is 0. The maximum Gasteiger partial charge on any atom is 0.0330 e. The van der Waals surface area contributed by atoms with Gasteiger partial charge in [-0.1, -0.05) is 59.8 Å². The van der Waals surface area contributed by atoms with Crippen molar-refractivity contribution in [3.8, 4) is 0 Å². The molecule has 0 aliphatic rings. The molecule has 0 aromatic carbocycles. The highest BCUT2D eigenvalue weighted by Gasteiger charge is 1.91. The first-order valence-corrected chi connectivity index (χ1v) is 6.30. The van der Waals surface area contributed by atoms with Crippen molar-refractivity contribution >= 4 is 11.6 Å². The molecule has 1 heteroatoms. The average Bonchev–Trinajstić information content (AvgIpc) is 2.18. The van der Waals surface area contributed by atoms with Crippen LogP contribution in [-0.4, -0.2) is 5.38 Å². The van der Waals surface area contributed by atoms with Crippen LogP contribution in [0.5, 0.6) is 0 Å². The lowest BCUT2D eigenvalue weighted by Crippen LogP contribution is -1.89. The molecule has 0 unspecified atom stereocenters. The monoisotopic (exact) mass is 206 g/mol. The van der Waals surface area contributed by atoms with E-state index in [-0.39, 0.29) is 0 Å². The maximum atomic E-state index is 5.65. The molecule has 0 nitrogen and oxygen atoms in total. The van der Waals surface area contributed by atoms with Crippen LogP contribution in [0.25, 0.3) is 0 Å². The summed E-state index contributed by atoms with van der Waals surface area (Å²) in [5.74, 6) is 0. The summed E-state index contributed by atoms with van der Waals surface area (Å²) in [5, 5.41) is 0.407. The van der Waals surface area contributed by atoms with Gasteiger partial charge in [0.2, 0.25) is 0 Å². The quantitative estimate of drug-likeness (QED) is 0.404. The third-order valence-electron chi connectivity index (χ3n) is 2.09. The summed E-state index contributed by atoms with van der Waals surface area (Å²) in [6.07, 6.45) is 9.20. The molecule has 0 aliphatic carbocycles. The van der Waals surface area contributed by atoms with Crippen molar-refractivity contribution in [2.24, 2.45) is 0 Å². The number of unbranched alkanes of at least 4 members (excludes halogenated alkanes) is 4. The van der Waals surface area contributed by atoms with E-state index in [4.69, 9.17) is 11.6 Å². The molecule has 0 atom stereocenters. The number of hydrogen-bond donors (Lipinski definition) is 0. The lowest BCUT2D eigenvalue weighted by molar-refractivity contribution is 0.656. The van der Waals surface area contributed by atoms with Gasteiger partial charge < -0.3 is 0 Å². The van der Waals surface area contributed by atoms with Gasteiger partial charge in [0, 0.05) is 5.38 Å².